The van der Waals surface area contributed by atoms with Crippen LogP contribution in [-0.4, -0.2) is 41.8 Å². The zero-order valence-electron chi connectivity index (χ0n) is 18.3. The average Bonchev–Trinajstić information content (AvgIpc) is 2.67. The van der Waals surface area contributed by atoms with Crippen molar-refractivity contribution in [2.75, 3.05) is 20.1 Å². The monoisotopic (exact) mass is 406 g/mol. The number of hydrogen-bond donors (Lipinski definition) is 0. The summed E-state index contributed by atoms with van der Waals surface area (Å²) in [5, 5.41) is 0. The first-order valence-corrected chi connectivity index (χ1v) is 10.2. The van der Waals surface area contributed by atoms with Crippen LogP contribution in [0.3, 0.4) is 0 Å². The molecule has 0 radical (unpaired) electrons. The largest absolute Gasteiger partial charge is 0.488 e. The molecule has 158 valence electrons. The lowest BCUT2D eigenvalue weighted by Gasteiger charge is -2.39. The normalized spacial score (nSPS) is 13.5. The fraction of sp³-hybridized carbons (Fsp3) is 0.360. The first-order valence-electron chi connectivity index (χ1n) is 10.2. The number of rotatable bonds is 7. The number of hydrogen-bond acceptors (Lipinski definition) is 3. The minimum absolute atomic E-state index is 0.0679. The summed E-state index contributed by atoms with van der Waals surface area (Å²) in [7, 11) is 1.81. The molecule has 5 heteroatoms. The minimum atomic E-state index is -0.127. The summed E-state index contributed by atoms with van der Waals surface area (Å²) < 4.78 is 6.13. The number of carbonyl (C=O) groups excluding carboxylic acids is 2. The van der Waals surface area contributed by atoms with Crippen molar-refractivity contribution in [3.8, 4) is 5.75 Å². The van der Waals surface area contributed by atoms with Crippen molar-refractivity contribution < 1.29 is 14.3 Å². The molecule has 0 aliphatic carbocycles. The second kappa shape index (κ2) is 9.16. The van der Waals surface area contributed by atoms with E-state index < -0.39 is 0 Å². The number of benzene rings is 2. The summed E-state index contributed by atoms with van der Waals surface area (Å²) in [6, 6.07) is 12.4. The summed E-state index contributed by atoms with van der Waals surface area (Å²) >= 11 is 0. The van der Waals surface area contributed by atoms with E-state index in [1.165, 1.54) is 17.2 Å². The van der Waals surface area contributed by atoms with Crippen molar-refractivity contribution in [3.63, 3.8) is 0 Å². The lowest BCUT2D eigenvalue weighted by atomic mass is 9.98. The molecule has 0 aromatic heterocycles. The molecule has 0 N–H and O–H groups in total. The lowest BCUT2D eigenvalue weighted by Crippen LogP contribution is -2.55. The first-order chi connectivity index (χ1) is 14.3. The van der Waals surface area contributed by atoms with Crippen LogP contribution in [0.2, 0.25) is 0 Å². The van der Waals surface area contributed by atoms with E-state index in [0.717, 1.165) is 22.4 Å². The fourth-order valence-corrected chi connectivity index (χ4v) is 3.89. The molecule has 3 rings (SSSR count). The summed E-state index contributed by atoms with van der Waals surface area (Å²) in [4.78, 5) is 27.6. The van der Waals surface area contributed by atoms with Gasteiger partial charge in [0.05, 0.1) is 5.92 Å². The molecule has 0 bridgehead atoms. The topological polar surface area (TPSA) is 49.9 Å². The van der Waals surface area contributed by atoms with Crippen LogP contribution in [-0.2, 0) is 22.7 Å². The van der Waals surface area contributed by atoms with Gasteiger partial charge < -0.3 is 14.5 Å². The first kappa shape index (κ1) is 21.6. The van der Waals surface area contributed by atoms with Crippen molar-refractivity contribution in [1.82, 2.24) is 9.80 Å². The molecule has 0 saturated carbocycles. The van der Waals surface area contributed by atoms with Crippen molar-refractivity contribution in [2.45, 2.75) is 33.9 Å². The maximum atomic E-state index is 12.7. The molecule has 1 heterocycles. The van der Waals surface area contributed by atoms with Crippen LogP contribution in [0.15, 0.2) is 49.1 Å². The van der Waals surface area contributed by atoms with Gasteiger partial charge in [-0.25, -0.2) is 0 Å². The molecule has 2 aromatic carbocycles. The lowest BCUT2D eigenvalue weighted by molar-refractivity contribution is -0.145. The number of carbonyl (C=O) groups is 2. The van der Waals surface area contributed by atoms with Crippen LogP contribution in [0.5, 0.6) is 5.75 Å². The van der Waals surface area contributed by atoms with E-state index in [1.807, 2.05) is 33.0 Å². The molecule has 0 atom stereocenters. The highest BCUT2D eigenvalue weighted by Crippen LogP contribution is 2.27. The van der Waals surface area contributed by atoms with E-state index >= 15 is 0 Å². The Morgan fingerprint density at radius 1 is 1.13 bits per heavy atom. The third-order valence-electron chi connectivity index (χ3n) is 5.67. The molecule has 0 spiro atoms. The van der Waals surface area contributed by atoms with Crippen LogP contribution in [0.25, 0.3) is 0 Å². The molecule has 2 aromatic rings. The van der Waals surface area contributed by atoms with Crippen LogP contribution < -0.4 is 4.74 Å². The van der Waals surface area contributed by atoms with Crippen LogP contribution in [0.4, 0.5) is 0 Å². The predicted molar refractivity (Wildman–Crippen MR) is 118 cm³/mol. The van der Waals surface area contributed by atoms with Gasteiger partial charge in [-0.15, -0.1) is 0 Å². The van der Waals surface area contributed by atoms with E-state index in [1.54, 1.807) is 9.80 Å². The standard InChI is InChI=1S/C25H30N2O3/c1-6-23(28)27-14-22(15-27)25(29)26(5)13-20-11-18(3)24(19(4)12-20)30-16-21-10-8-7-9-17(21)2/h6-12,22H,1,13-16H2,2-5H3. The summed E-state index contributed by atoms with van der Waals surface area (Å²) in [6.45, 7) is 11.7. The van der Waals surface area contributed by atoms with Gasteiger partial charge in [0, 0.05) is 26.7 Å². The van der Waals surface area contributed by atoms with Gasteiger partial charge in [0.1, 0.15) is 12.4 Å². The number of ether oxygens (including phenoxy) is 1. The second-order valence-electron chi connectivity index (χ2n) is 8.11. The zero-order valence-corrected chi connectivity index (χ0v) is 18.3. The van der Waals surface area contributed by atoms with Crippen molar-refractivity contribution in [2.24, 2.45) is 5.92 Å². The highest BCUT2D eigenvalue weighted by Gasteiger charge is 2.36. The maximum absolute atomic E-state index is 12.7. The van der Waals surface area contributed by atoms with Gasteiger partial charge in [0.2, 0.25) is 11.8 Å². The van der Waals surface area contributed by atoms with E-state index in [-0.39, 0.29) is 17.7 Å². The molecule has 30 heavy (non-hydrogen) atoms. The Kier molecular flexibility index (Phi) is 6.60. The molecule has 1 saturated heterocycles. The average molecular weight is 407 g/mol. The predicted octanol–water partition coefficient (Wildman–Crippen LogP) is 3.79. The number of nitrogens with zero attached hydrogens (tertiary/aromatic N) is 2. The maximum Gasteiger partial charge on any atom is 0.246 e. The Morgan fingerprint density at radius 2 is 1.77 bits per heavy atom. The number of aryl methyl sites for hydroxylation is 3. The van der Waals surface area contributed by atoms with E-state index in [4.69, 9.17) is 4.74 Å². The van der Waals surface area contributed by atoms with Crippen LogP contribution in [0, 0.1) is 26.7 Å². The van der Waals surface area contributed by atoms with Crippen LogP contribution >= 0.6 is 0 Å². The summed E-state index contributed by atoms with van der Waals surface area (Å²) in [5.41, 5.74) is 5.59. The molecule has 0 unspecified atom stereocenters. The molecule has 1 fully saturated rings. The molecular weight excluding hydrogens is 376 g/mol. The van der Waals surface area contributed by atoms with Crippen molar-refractivity contribution in [1.29, 1.82) is 0 Å². The van der Waals surface area contributed by atoms with E-state index in [0.29, 0.717) is 26.2 Å². The quantitative estimate of drug-likeness (QED) is 0.658. The third-order valence-corrected chi connectivity index (χ3v) is 5.67. The Morgan fingerprint density at radius 3 is 2.37 bits per heavy atom. The van der Waals surface area contributed by atoms with Gasteiger partial charge >= 0.3 is 0 Å². The Balaban J connectivity index is 1.61. The summed E-state index contributed by atoms with van der Waals surface area (Å²) in [5.74, 6) is 0.721. The van der Waals surface area contributed by atoms with E-state index in [2.05, 4.69) is 37.8 Å². The Hall–Kier alpha value is -3.08. The van der Waals surface area contributed by atoms with Crippen LogP contribution in [0.1, 0.15) is 27.8 Å². The second-order valence-corrected chi connectivity index (χ2v) is 8.11. The Labute approximate surface area is 178 Å². The highest BCUT2D eigenvalue weighted by atomic mass is 16.5. The fourth-order valence-electron chi connectivity index (χ4n) is 3.89. The third kappa shape index (κ3) is 4.73. The summed E-state index contributed by atoms with van der Waals surface area (Å²) in [6.07, 6.45) is 1.29. The van der Waals surface area contributed by atoms with Gasteiger partial charge in [-0.05, 0) is 54.7 Å². The van der Waals surface area contributed by atoms with Gasteiger partial charge in [0.15, 0.2) is 0 Å². The van der Waals surface area contributed by atoms with Gasteiger partial charge in [-0.2, -0.15) is 0 Å². The molecule has 1 aliphatic rings. The molecule has 1 aliphatic heterocycles. The Bertz CT molecular complexity index is 938. The molecular formula is C25H30N2O3. The van der Waals surface area contributed by atoms with E-state index in [9.17, 15) is 9.59 Å². The number of likely N-dealkylation sites (tertiary alicyclic amines) is 1. The minimum Gasteiger partial charge on any atom is -0.488 e. The molecule has 2 amide bonds. The highest BCUT2D eigenvalue weighted by molar-refractivity contribution is 5.90. The smallest absolute Gasteiger partial charge is 0.246 e. The van der Waals surface area contributed by atoms with Gasteiger partial charge in [-0.3, -0.25) is 9.59 Å². The van der Waals surface area contributed by atoms with Crippen molar-refractivity contribution >= 4 is 11.8 Å². The van der Waals surface area contributed by atoms with Crippen molar-refractivity contribution in [3.05, 3.63) is 76.9 Å². The zero-order chi connectivity index (χ0) is 21.8. The number of amides is 2. The van der Waals surface area contributed by atoms with Gasteiger partial charge in [0.25, 0.3) is 0 Å². The molecule has 5 nitrogen and oxygen atoms in total. The van der Waals surface area contributed by atoms with Gasteiger partial charge in [-0.1, -0.05) is 43.0 Å². The SMILES string of the molecule is C=CC(=O)N1CC(C(=O)N(C)Cc2cc(C)c(OCc3ccccc3C)c(C)c2)C1.